The number of morpholine rings is 1. The third-order valence-corrected chi connectivity index (χ3v) is 11.5. The highest BCUT2D eigenvalue weighted by molar-refractivity contribution is 6.32. The molecule has 16 heteroatoms. The fraction of sp³-hybridized carbons (Fsp3) is 0.525. The predicted octanol–water partition coefficient (Wildman–Crippen LogP) is 7.02. The van der Waals surface area contributed by atoms with Crippen molar-refractivity contribution in [2.45, 2.75) is 89.4 Å². The summed E-state index contributed by atoms with van der Waals surface area (Å²) in [5.41, 5.74) is 2.61. The monoisotopic (exact) mass is 802 g/mol. The summed E-state index contributed by atoms with van der Waals surface area (Å²) in [6.45, 7) is 4.90. The highest BCUT2D eigenvalue weighted by Crippen LogP contribution is 2.53. The zero-order chi connectivity index (χ0) is 40.0. The van der Waals surface area contributed by atoms with Gasteiger partial charge in [0.15, 0.2) is 11.6 Å². The van der Waals surface area contributed by atoms with Gasteiger partial charge in [-0.2, -0.15) is 0 Å². The first-order chi connectivity index (χ1) is 26.9. The van der Waals surface area contributed by atoms with Gasteiger partial charge < -0.3 is 23.8 Å². The van der Waals surface area contributed by atoms with E-state index in [-0.39, 0.29) is 66.5 Å². The van der Waals surface area contributed by atoms with Crippen LogP contribution in [0, 0.1) is 24.0 Å². The normalized spacial score (nSPS) is 21.9. The van der Waals surface area contributed by atoms with E-state index >= 15 is 4.79 Å². The summed E-state index contributed by atoms with van der Waals surface area (Å²) < 4.78 is 50.8. The van der Waals surface area contributed by atoms with Gasteiger partial charge >= 0.3 is 6.09 Å². The summed E-state index contributed by atoms with van der Waals surface area (Å²) >= 11 is 5.91. The maximum Gasteiger partial charge on any atom is 0.410 e. The molecule has 1 aliphatic carbocycles. The van der Waals surface area contributed by atoms with Gasteiger partial charge in [-0.15, -0.1) is 0 Å². The van der Waals surface area contributed by atoms with Crippen molar-refractivity contribution in [1.29, 1.82) is 0 Å². The van der Waals surface area contributed by atoms with Crippen molar-refractivity contribution in [3.8, 4) is 11.6 Å². The summed E-state index contributed by atoms with van der Waals surface area (Å²) in [5, 5.41) is 16.8. The zero-order valence-corrected chi connectivity index (χ0v) is 32.6. The van der Waals surface area contributed by atoms with E-state index < -0.39 is 29.2 Å². The van der Waals surface area contributed by atoms with E-state index in [0.717, 1.165) is 47.2 Å². The molecule has 1 aromatic heterocycles. The van der Waals surface area contributed by atoms with Gasteiger partial charge in [0.2, 0.25) is 11.8 Å². The number of pyridine rings is 1. The van der Waals surface area contributed by atoms with Crippen LogP contribution in [0.15, 0.2) is 48.7 Å². The molecule has 6 rings (SSSR count). The maximum atomic E-state index is 15.4. The average Bonchev–Trinajstić information content (AvgIpc) is 4.04. The molecule has 2 bridgehead atoms. The van der Waals surface area contributed by atoms with Crippen molar-refractivity contribution in [3.05, 3.63) is 87.6 Å². The number of fused-ring (bicyclic) bond motifs is 2. The van der Waals surface area contributed by atoms with Crippen LogP contribution in [0.5, 0.6) is 11.6 Å². The number of piperidine rings is 1. The first-order valence-corrected chi connectivity index (χ1v) is 19.3. The molecule has 2 aliphatic heterocycles. The lowest BCUT2D eigenvalue weighted by Crippen LogP contribution is -2.69. The van der Waals surface area contributed by atoms with Crippen LogP contribution < -0.4 is 9.47 Å². The molecule has 0 spiro atoms. The number of benzene rings is 2. The molecule has 4 atom stereocenters. The smallest absolute Gasteiger partial charge is 0.410 e. The third-order valence-electron chi connectivity index (χ3n) is 11.2. The molecular formula is C40H49ClF2N4O9. The number of carbonyl (C=O) groups is 2. The molecule has 304 valence electrons. The molecule has 3 fully saturated rings. The van der Waals surface area contributed by atoms with Crippen LogP contribution >= 0.6 is 11.6 Å². The molecule has 2 saturated heterocycles. The standard InChI is InChI=1S/C40H49ClF2N4O9/c1-25-28(16-17-44-37(25)52-3)22-45(29-12-13-29)38(48)40(2)31(21-30-23-53-24-34(40)46(30)39(49)55-18-4-5-20-56-47(50)51)27-10-8-26(9-11-27)7-6-19-54-36-33(43)15-14-32(42)35(36)41/h8-11,14-17,29-31,34,50-51H,4-7,12-13,18-24H2,1-3H3. The Kier molecular flexibility index (Phi) is 13.7. The van der Waals surface area contributed by atoms with Crippen LogP contribution in [0.25, 0.3) is 0 Å². The largest absolute Gasteiger partial charge is 0.489 e. The topological polar surface area (TPSA) is 143 Å². The lowest BCUT2D eigenvalue weighted by Gasteiger charge is -2.57. The second-order valence-corrected chi connectivity index (χ2v) is 15.1. The van der Waals surface area contributed by atoms with E-state index in [4.69, 9.17) is 41.0 Å². The minimum Gasteiger partial charge on any atom is -0.489 e. The highest BCUT2D eigenvalue weighted by Gasteiger charge is 2.61. The Hall–Kier alpha value is -4.12. The minimum absolute atomic E-state index is 0.0256. The molecule has 3 aromatic rings. The number of amides is 2. The summed E-state index contributed by atoms with van der Waals surface area (Å²) in [7, 11) is 1.57. The minimum atomic E-state index is -1.12. The molecule has 2 amide bonds. The van der Waals surface area contributed by atoms with E-state index in [1.165, 1.54) is 0 Å². The average molecular weight is 803 g/mol. The molecule has 13 nitrogen and oxygen atoms in total. The van der Waals surface area contributed by atoms with E-state index in [1.54, 1.807) is 18.2 Å². The summed E-state index contributed by atoms with van der Waals surface area (Å²) in [6.07, 6.45) is 5.30. The Morgan fingerprint density at radius 1 is 1.02 bits per heavy atom. The van der Waals surface area contributed by atoms with Crippen LogP contribution in [-0.2, 0) is 32.1 Å². The molecule has 3 heterocycles. The van der Waals surface area contributed by atoms with Crippen molar-refractivity contribution in [1.82, 2.24) is 20.2 Å². The number of halogens is 3. The van der Waals surface area contributed by atoms with Crippen LogP contribution in [0.1, 0.15) is 73.6 Å². The number of ether oxygens (including phenoxy) is 4. The van der Waals surface area contributed by atoms with E-state index in [1.807, 2.05) is 49.1 Å². The number of hydrogen-bond acceptors (Lipinski definition) is 11. The highest BCUT2D eigenvalue weighted by atomic mass is 35.5. The number of methoxy groups -OCH3 is 1. The molecule has 2 N–H and O–H groups in total. The van der Waals surface area contributed by atoms with Crippen molar-refractivity contribution in [3.63, 3.8) is 0 Å². The second-order valence-electron chi connectivity index (χ2n) is 14.7. The Morgan fingerprint density at radius 3 is 2.46 bits per heavy atom. The summed E-state index contributed by atoms with van der Waals surface area (Å²) in [6, 6.07) is 11.0. The first kappa shape index (κ1) is 41.5. The van der Waals surface area contributed by atoms with Gasteiger partial charge in [0.25, 0.3) is 0 Å². The molecule has 0 radical (unpaired) electrons. The van der Waals surface area contributed by atoms with E-state index in [0.29, 0.717) is 51.1 Å². The maximum absolute atomic E-state index is 15.4. The molecule has 3 aliphatic rings. The van der Waals surface area contributed by atoms with Crippen LogP contribution in [0.4, 0.5) is 13.6 Å². The quantitative estimate of drug-likeness (QED) is 0.0826. The van der Waals surface area contributed by atoms with Crippen molar-refractivity contribution in [2.24, 2.45) is 5.41 Å². The van der Waals surface area contributed by atoms with E-state index in [9.17, 15) is 13.6 Å². The molecule has 2 aromatic carbocycles. The number of hydrogen-bond donors (Lipinski definition) is 2. The molecular weight excluding hydrogens is 754 g/mol. The van der Waals surface area contributed by atoms with Crippen molar-refractivity contribution in [2.75, 3.05) is 40.1 Å². The zero-order valence-electron chi connectivity index (χ0n) is 31.8. The Morgan fingerprint density at radius 2 is 1.75 bits per heavy atom. The van der Waals surface area contributed by atoms with Gasteiger partial charge in [-0.1, -0.05) is 35.9 Å². The SMILES string of the molecule is COc1nccc(CN(C(=O)C2(C)C(c3ccc(CCCOc4c(F)ccc(F)c4Cl)cc3)CC3COCC2N3C(=O)OCCCCON(O)O)C2CC2)c1C. The van der Waals surface area contributed by atoms with Crippen molar-refractivity contribution < 1.29 is 52.6 Å². The van der Waals surface area contributed by atoms with Gasteiger partial charge in [0, 0.05) is 30.3 Å². The number of unbranched alkanes of at least 4 members (excludes halogenated alkanes) is 1. The number of aryl methyl sites for hydroxylation is 1. The second kappa shape index (κ2) is 18.4. The van der Waals surface area contributed by atoms with Gasteiger partial charge in [-0.25, -0.2) is 18.6 Å². The fourth-order valence-corrected chi connectivity index (χ4v) is 8.15. The lowest BCUT2D eigenvalue weighted by atomic mass is 9.61. The Balaban J connectivity index is 1.24. The van der Waals surface area contributed by atoms with Crippen molar-refractivity contribution >= 4 is 23.6 Å². The Bertz CT molecular complexity index is 1840. The number of rotatable bonds is 17. The van der Waals surface area contributed by atoms with Crippen LogP contribution in [0.2, 0.25) is 5.02 Å². The summed E-state index contributed by atoms with van der Waals surface area (Å²) in [4.78, 5) is 41.8. The Labute approximate surface area is 329 Å². The van der Waals surface area contributed by atoms with Gasteiger partial charge in [0.05, 0.1) is 63.0 Å². The number of nitrogens with zero attached hydrogens (tertiary/aromatic N) is 4. The van der Waals surface area contributed by atoms with Crippen LogP contribution in [-0.4, -0.2) is 101 Å². The van der Waals surface area contributed by atoms with Crippen LogP contribution in [0.3, 0.4) is 0 Å². The fourth-order valence-electron chi connectivity index (χ4n) is 7.94. The van der Waals surface area contributed by atoms with Gasteiger partial charge in [-0.3, -0.25) is 24.9 Å². The van der Waals surface area contributed by atoms with Gasteiger partial charge in [0.1, 0.15) is 10.8 Å². The summed E-state index contributed by atoms with van der Waals surface area (Å²) in [5.74, 6) is -1.64. The molecule has 56 heavy (non-hydrogen) atoms. The number of carbonyl (C=O) groups excluding carboxylic acids is 2. The first-order valence-electron chi connectivity index (χ1n) is 18.9. The lowest BCUT2D eigenvalue weighted by molar-refractivity contribution is -0.492. The van der Waals surface area contributed by atoms with Gasteiger partial charge in [-0.05, 0) is 93.7 Å². The van der Waals surface area contributed by atoms with E-state index in [2.05, 4.69) is 9.82 Å². The third kappa shape index (κ3) is 9.19. The predicted molar refractivity (Wildman–Crippen MR) is 198 cm³/mol. The molecule has 1 saturated carbocycles. The number of aromatic nitrogens is 1. The molecule has 4 unspecified atom stereocenters.